The van der Waals surface area contributed by atoms with Crippen molar-refractivity contribution in [2.75, 3.05) is 10.6 Å². The molecule has 1 aliphatic carbocycles. The molecule has 0 radical (unpaired) electrons. The maximum absolute atomic E-state index is 12.4. The number of halogens is 1. The number of thiazole rings is 1. The molecule has 0 unspecified atom stereocenters. The minimum Gasteiger partial charge on any atom is -0.335 e. The summed E-state index contributed by atoms with van der Waals surface area (Å²) in [6, 6.07) is 14.4. The van der Waals surface area contributed by atoms with E-state index in [1.807, 2.05) is 18.2 Å². The van der Waals surface area contributed by atoms with Crippen LogP contribution in [0.2, 0.25) is 5.02 Å². The van der Waals surface area contributed by atoms with Crippen molar-refractivity contribution < 1.29 is 9.59 Å². The average Bonchev–Trinajstić information content (AvgIpc) is 3.34. The zero-order valence-electron chi connectivity index (χ0n) is 14.7. The molecule has 1 saturated carbocycles. The van der Waals surface area contributed by atoms with Crippen molar-refractivity contribution in [2.24, 2.45) is 0 Å². The predicted octanol–water partition coefficient (Wildman–Crippen LogP) is 5.00. The molecule has 6 nitrogen and oxygen atoms in total. The number of aromatic nitrogens is 1. The maximum Gasteiger partial charge on any atom is 0.319 e. The van der Waals surface area contributed by atoms with Crippen LogP contribution in [0.4, 0.5) is 16.2 Å². The van der Waals surface area contributed by atoms with Crippen molar-refractivity contribution >= 4 is 46.3 Å². The van der Waals surface area contributed by atoms with Gasteiger partial charge in [0.25, 0.3) is 5.91 Å². The summed E-state index contributed by atoms with van der Waals surface area (Å²) in [5, 5.41) is 11.5. The zero-order valence-corrected chi connectivity index (χ0v) is 16.3. The second-order valence-electron chi connectivity index (χ2n) is 6.45. The Hall–Kier alpha value is -2.90. The second-order valence-corrected chi connectivity index (χ2v) is 7.75. The predicted molar refractivity (Wildman–Crippen MR) is 112 cm³/mol. The minimum atomic E-state index is -0.295. The molecule has 1 heterocycles. The molecule has 28 heavy (non-hydrogen) atoms. The standard InChI is InChI=1S/C20H17ClN4O2S/c21-13-3-1-2-12(10-13)19-25-17(11-28-19)18(26)22-14-4-6-15(7-5-14)23-20(27)24-16-8-9-16/h1-7,10-11,16H,8-9H2,(H,22,26)(H2,23,24,27). The van der Waals surface area contributed by atoms with Crippen molar-refractivity contribution in [3.8, 4) is 10.6 Å². The molecular formula is C20H17ClN4O2S. The first-order valence-electron chi connectivity index (χ1n) is 8.77. The Labute approximate surface area is 171 Å². The van der Waals surface area contributed by atoms with Crippen LogP contribution < -0.4 is 16.0 Å². The summed E-state index contributed by atoms with van der Waals surface area (Å²) < 4.78 is 0. The van der Waals surface area contributed by atoms with E-state index in [0.717, 1.165) is 23.4 Å². The molecule has 1 aromatic heterocycles. The van der Waals surface area contributed by atoms with Gasteiger partial charge in [0.05, 0.1) is 0 Å². The highest BCUT2D eigenvalue weighted by molar-refractivity contribution is 7.13. The van der Waals surface area contributed by atoms with Gasteiger partial charge in [-0.25, -0.2) is 9.78 Å². The molecule has 2 aromatic carbocycles. The first-order valence-corrected chi connectivity index (χ1v) is 10.0. The lowest BCUT2D eigenvalue weighted by Gasteiger charge is -2.08. The highest BCUT2D eigenvalue weighted by Gasteiger charge is 2.23. The summed E-state index contributed by atoms with van der Waals surface area (Å²) in [5.41, 5.74) is 2.49. The highest BCUT2D eigenvalue weighted by Crippen LogP contribution is 2.26. The molecule has 0 atom stereocenters. The van der Waals surface area contributed by atoms with Crippen LogP contribution in [-0.4, -0.2) is 23.0 Å². The van der Waals surface area contributed by atoms with E-state index >= 15 is 0 Å². The van der Waals surface area contributed by atoms with Gasteiger partial charge in [-0.2, -0.15) is 0 Å². The molecule has 3 aromatic rings. The van der Waals surface area contributed by atoms with Crippen LogP contribution in [0.25, 0.3) is 10.6 Å². The fourth-order valence-corrected chi connectivity index (χ4v) is 3.53. The van der Waals surface area contributed by atoms with Gasteiger partial charge >= 0.3 is 6.03 Å². The fourth-order valence-electron chi connectivity index (χ4n) is 2.54. The molecule has 3 N–H and O–H groups in total. The van der Waals surface area contributed by atoms with E-state index in [-0.39, 0.29) is 11.9 Å². The van der Waals surface area contributed by atoms with Gasteiger partial charge in [0.1, 0.15) is 10.7 Å². The minimum absolute atomic E-state index is 0.213. The summed E-state index contributed by atoms with van der Waals surface area (Å²) in [6.07, 6.45) is 2.07. The molecule has 142 valence electrons. The van der Waals surface area contributed by atoms with Crippen LogP contribution in [-0.2, 0) is 0 Å². The van der Waals surface area contributed by atoms with Gasteiger partial charge in [-0.3, -0.25) is 4.79 Å². The number of carbonyl (C=O) groups is 2. The Morgan fingerprint density at radius 3 is 2.43 bits per heavy atom. The number of amides is 3. The number of anilines is 2. The number of rotatable bonds is 5. The van der Waals surface area contributed by atoms with Crippen LogP contribution in [0.5, 0.6) is 0 Å². The summed E-state index contributed by atoms with van der Waals surface area (Å²) >= 11 is 7.40. The third kappa shape index (κ3) is 4.68. The molecular weight excluding hydrogens is 396 g/mol. The normalized spacial score (nSPS) is 13.0. The lowest BCUT2D eigenvalue weighted by Crippen LogP contribution is -2.30. The summed E-state index contributed by atoms with van der Waals surface area (Å²) in [4.78, 5) is 28.6. The molecule has 0 bridgehead atoms. The molecule has 0 saturated heterocycles. The second kappa shape index (κ2) is 8.00. The Kier molecular flexibility index (Phi) is 5.27. The SMILES string of the molecule is O=C(Nc1ccc(NC(=O)c2csc(-c3cccc(Cl)c3)n2)cc1)NC1CC1. The van der Waals surface area contributed by atoms with E-state index in [0.29, 0.717) is 28.1 Å². The van der Waals surface area contributed by atoms with Gasteiger partial charge < -0.3 is 16.0 Å². The molecule has 4 rings (SSSR count). The average molecular weight is 413 g/mol. The van der Waals surface area contributed by atoms with Crippen LogP contribution >= 0.6 is 22.9 Å². The quantitative estimate of drug-likeness (QED) is 0.551. The topological polar surface area (TPSA) is 83.1 Å². The van der Waals surface area contributed by atoms with E-state index in [9.17, 15) is 9.59 Å². The number of hydrogen-bond acceptors (Lipinski definition) is 4. The molecule has 3 amide bonds. The lowest BCUT2D eigenvalue weighted by atomic mass is 10.2. The molecule has 8 heteroatoms. The van der Waals surface area contributed by atoms with Gasteiger partial charge in [-0.05, 0) is 49.2 Å². The van der Waals surface area contributed by atoms with Gasteiger partial charge in [-0.15, -0.1) is 11.3 Å². The van der Waals surface area contributed by atoms with E-state index in [1.54, 1.807) is 35.7 Å². The monoisotopic (exact) mass is 412 g/mol. The third-order valence-corrected chi connectivity index (χ3v) is 5.25. The number of nitrogens with zero attached hydrogens (tertiary/aromatic N) is 1. The van der Waals surface area contributed by atoms with E-state index in [1.165, 1.54) is 11.3 Å². The van der Waals surface area contributed by atoms with Crippen LogP contribution in [0, 0.1) is 0 Å². The van der Waals surface area contributed by atoms with Gasteiger partial charge in [0.15, 0.2) is 0 Å². The third-order valence-electron chi connectivity index (χ3n) is 4.12. The van der Waals surface area contributed by atoms with Crippen LogP contribution in [0.15, 0.2) is 53.9 Å². The highest BCUT2D eigenvalue weighted by atomic mass is 35.5. The lowest BCUT2D eigenvalue weighted by molar-refractivity contribution is 0.102. The first kappa shape index (κ1) is 18.5. The largest absolute Gasteiger partial charge is 0.335 e. The summed E-state index contributed by atoms with van der Waals surface area (Å²) in [6.45, 7) is 0. The summed E-state index contributed by atoms with van der Waals surface area (Å²) in [7, 11) is 0. The van der Waals surface area contributed by atoms with Gasteiger partial charge in [0.2, 0.25) is 0 Å². The van der Waals surface area contributed by atoms with Crippen molar-refractivity contribution in [2.45, 2.75) is 18.9 Å². The van der Waals surface area contributed by atoms with Crippen molar-refractivity contribution in [1.29, 1.82) is 0 Å². The van der Waals surface area contributed by atoms with E-state index < -0.39 is 0 Å². The Morgan fingerprint density at radius 2 is 1.75 bits per heavy atom. The first-order chi connectivity index (χ1) is 13.6. The van der Waals surface area contributed by atoms with Gasteiger partial charge in [-0.1, -0.05) is 23.7 Å². The maximum atomic E-state index is 12.4. The zero-order chi connectivity index (χ0) is 19.5. The number of carbonyl (C=O) groups excluding carboxylic acids is 2. The van der Waals surface area contributed by atoms with E-state index in [2.05, 4.69) is 20.9 Å². The number of nitrogens with one attached hydrogen (secondary N) is 3. The van der Waals surface area contributed by atoms with Crippen molar-refractivity contribution in [3.63, 3.8) is 0 Å². The Morgan fingerprint density at radius 1 is 1.04 bits per heavy atom. The van der Waals surface area contributed by atoms with Crippen molar-refractivity contribution in [1.82, 2.24) is 10.3 Å². The van der Waals surface area contributed by atoms with Crippen LogP contribution in [0.3, 0.4) is 0 Å². The Bertz CT molecular complexity index is 1020. The number of urea groups is 1. The molecule has 0 spiro atoms. The van der Waals surface area contributed by atoms with E-state index in [4.69, 9.17) is 11.6 Å². The number of hydrogen-bond donors (Lipinski definition) is 3. The summed E-state index contributed by atoms with van der Waals surface area (Å²) in [5.74, 6) is -0.295. The number of benzene rings is 2. The molecule has 1 fully saturated rings. The molecule has 1 aliphatic rings. The molecule has 0 aliphatic heterocycles. The van der Waals surface area contributed by atoms with Crippen LogP contribution in [0.1, 0.15) is 23.3 Å². The Balaban J connectivity index is 1.37. The van der Waals surface area contributed by atoms with Crippen molar-refractivity contribution in [3.05, 3.63) is 64.6 Å². The smallest absolute Gasteiger partial charge is 0.319 e. The fraction of sp³-hybridized carbons (Fsp3) is 0.150. The van der Waals surface area contributed by atoms with Gasteiger partial charge in [0, 0.05) is 33.4 Å².